The lowest BCUT2D eigenvalue weighted by Gasteiger charge is -2.11. The van der Waals surface area contributed by atoms with Gasteiger partial charge in [0.1, 0.15) is 5.75 Å². The number of nitrogens with zero attached hydrogens (tertiary/aromatic N) is 1. The van der Waals surface area contributed by atoms with Crippen LogP contribution in [-0.2, 0) is 20.8 Å². The first-order chi connectivity index (χ1) is 10.1. The molecule has 0 heterocycles. The number of halogens is 3. The fourth-order valence-corrected chi connectivity index (χ4v) is 2.97. The molecular weight excluding hydrogens is 321 g/mol. The van der Waals surface area contributed by atoms with Crippen LogP contribution in [0.1, 0.15) is 24.5 Å². The Hall–Kier alpha value is -2.08. The molecule has 0 aliphatic carbocycles. The molecule has 1 amide bonds. The average Bonchev–Trinajstić information content (AvgIpc) is 2.36. The second-order valence-corrected chi connectivity index (χ2v) is 6.69. The zero-order valence-corrected chi connectivity index (χ0v) is 12.4. The maximum absolute atomic E-state index is 12.8. The van der Waals surface area contributed by atoms with Gasteiger partial charge in [0.25, 0.3) is 0 Å². The van der Waals surface area contributed by atoms with E-state index >= 15 is 0 Å². The summed E-state index contributed by atoms with van der Waals surface area (Å²) < 4.78 is 61.2. The van der Waals surface area contributed by atoms with Crippen LogP contribution >= 0.6 is 0 Å². The number of alkyl halides is 3. The van der Waals surface area contributed by atoms with Gasteiger partial charge in [-0.2, -0.15) is 18.4 Å². The Kier molecular flexibility index (Phi) is 5.54. The second-order valence-electron chi connectivity index (χ2n) is 4.51. The van der Waals surface area contributed by atoms with Crippen LogP contribution in [0.5, 0.6) is 0 Å². The van der Waals surface area contributed by atoms with E-state index in [1.807, 2.05) is 0 Å². The number of nitriles is 1. The maximum atomic E-state index is 12.8. The van der Waals surface area contributed by atoms with Crippen molar-refractivity contribution in [2.24, 2.45) is 0 Å². The van der Waals surface area contributed by atoms with E-state index in [9.17, 15) is 26.4 Å². The first kappa shape index (κ1) is 18.0. The number of nitrogens with one attached hydrogen (secondary N) is 1. The van der Waals surface area contributed by atoms with Crippen LogP contribution < -0.4 is 5.32 Å². The second kappa shape index (κ2) is 6.79. The molecule has 5 nitrogen and oxygen atoms in total. The Balaban J connectivity index is 2.96. The van der Waals surface area contributed by atoms with Gasteiger partial charge >= 0.3 is 6.18 Å². The highest BCUT2D eigenvalue weighted by Gasteiger charge is 2.34. The topological polar surface area (TPSA) is 87.0 Å². The maximum Gasteiger partial charge on any atom is 0.417 e. The van der Waals surface area contributed by atoms with Gasteiger partial charge in [-0.1, -0.05) is 6.92 Å². The van der Waals surface area contributed by atoms with E-state index < -0.39 is 38.8 Å². The number of rotatable bonds is 5. The number of anilines is 1. The van der Waals surface area contributed by atoms with Gasteiger partial charge in [-0.25, -0.2) is 8.42 Å². The Morgan fingerprint density at radius 3 is 2.50 bits per heavy atom. The molecule has 22 heavy (non-hydrogen) atoms. The van der Waals surface area contributed by atoms with Crippen LogP contribution in [0.3, 0.4) is 0 Å². The number of amides is 1. The highest BCUT2D eigenvalue weighted by molar-refractivity contribution is 7.92. The first-order valence-corrected chi connectivity index (χ1v) is 8.03. The molecule has 1 aromatic carbocycles. The lowest BCUT2D eigenvalue weighted by Crippen LogP contribution is -2.24. The molecule has 9 heteroatoms. The summed E-state index contributed by atoms with van der Waals surface area (Å²) in [6, 6.07) is 4.03. The van der Waals surface area contributed by atoms with Crippen molar-refractivity contribution in [3.63, 3.8) is 0 Å². The van der Waals surface area contributed by atoms with Crippen molar-refractivity contribution >= 4 is 21.4 Å². The van der Waals surface area contributed by atoms with Gasteiger partial charge in [0.05, 0.1) is 22.9 Å². The number of hydrogen-bond donors (Lipinski definition) is 1. The molecule has 0 spiro atoms. The smallest absolute Gasteiger partial charge is 0.325 e. The summed E-state index contributed by atoms with van der Waals surface area (Å²) in [5, 5.41) is 10.7. The third-order valence-corrected chi connectivity index (χ3v) is 4.33. The summed E-state index contributed by atoms with van der Waals surface area (Å²) in [6.07, 6.45) is -4.41. The Bertz CT molecular complexity index is 706. The van der Waals surface area contributed by atoms with Gasteiger partial charge in [0.15, 0.2) is 9.84 Å². The van der Waals surface area contributed by atoms with Crippen molar-refractivity contribution in [1.29, 1.82) is 5.26 Å². The number of benzene rings is 1. The minimum absolute atomic E-state index is 0.179. The van der Waals surface area contributed by atoms with Crippen LogP contribution in [0.2, 0.25) is 0 Å². The highest BCUT2D eigenvalue weighted by Crippen LogP contribution is 2.33. The number of carbonyl (C=O) groups excluding carboxylic acids is 1. The molecule has 0 fully saturated rings. The molecule has 0 aliphatic rings. The Morgan fingerprint density at radius 1 is 1.36 bits per heavy atom. The standard InChI is InChI=1S/C13H13F3N2O3S/c1-2-5-22(20,21)8-12(19)18-10-4-3-9(7-17)11(6-10)13(14,15)16/h3-4,6H,2,5,8H2,1H3,(H,18,19). The zero-order valence-electron chi connectivity index (χ0n) is 11.6. The third-order valence-electron chi connectivity index (χ3n) is 2.60. The van der Waals surface area contributed by atoms with Gasteiger partial charge in [0.2, 0.25) is 5.91 Å². The monoisotopic (exact) mass is 334 g/mol. The van der Waals surface area contributed by atoms with Gasteiger partial charge in [0, 0.05) is 5.69 Å². The van der Waals surface area contributed by atoms with Crippen molar-refractivity contribution in [3.8, 4) is 6.07 Å². The molecule has 0 saturated heterocycles. The molecule has 0 radical (unpaired) electrons. The summed E-state index contributed by atoms with van der Waals surface area (Å²) in [4.78, 5) is 11.6. The quantitative estimate of drug-likeness (QED) is 0.895. The Morgan fingerprint density at radius 2 is 2.00 bits per heavy atom. The summed E-state index contributed by atoms with van der Waals surface area (Å²) in [7, 11) is -3.59. The van der Waals surface area contributed by atoms with E-state index in [0.29, 0.717) is 12.5 Å². The SMILES string of the molecule is CCCS(=O)(=O)CC(=O)Nc1ccc(C#N)c(C(F)(F)F)c1. The molecule has 0 bridgehead atoms. The van der Waals surface area contributed by atoms with E-state index in [-0.39, 0.29) is 11.4 Å². The lowest BCUT2D eigenvalue weighted by molar-refractivity contribution is -0.137. The minimum Gasteiger partial charge on any atom is -0.325 e. The molecule has 1 aromatic rings. The number of sulfone groups is 1. The van der Waals surface area contributed by atoms with E-state index in [4.69, 9.17) is 5.26 Å². The third kappa shape index (κ3) is 5.04. The van der Waals surface area contributed by atoms with E-state index in [1.165, 1.54) is 6.07 Å². The van der Waals surface area contributed by atoms with Gasteiger partial charge in [-0.3, -0.25) is 4.79 Å². The van der Waals surface area contributed by atoms with Crippen molar-refractivity contribution in [1.82, 2.24) is 0 Å². The molecule has 0 aliphatic heterocycles. The van der Waals surface area contributed by atoms with Crippen LogP contribution in [0, 0.1) is 11.3 Å². The molecule has 1 N–H and O–H groups in total. The first-order valence-electron chi connectivity index (χ1n) is 6.20. The van der Waals surface area contributed by atoms with Crippen LogP contribution in [0.4, 0.5) is 18.9 Å². The lowest BCUT2D eigenvalue weighted by atomic mass is 10.1. The molecule has 0 atom stereocenters. The van der Waals surface area contributed by atoms with Crippen molar-refractivity contribution in [3.05, 3.63) is 29.3 Å². The van der Waals surface area contributed by atoms with Crippen molar-refractivity contribution < 1.29 is 26.4 Å². The molecule has 1 rings (SSSR count). The summed E-state index contributed by atoms with van der Waals surface area (Å²) in [6.45, 7) is 1.63. The van der Waals surface area contributed by atoms with E-state index in [2.05, 4.69) is 5.32 Å². The largest absolute Gasteiger partial charge is 0.417 e. The van der Waals surface area contributed by atoms with E-state index in [0.717, 1.165) is 12.1 Å². The average molecular weight is 334 g/mol. The molecular formula is C13H13F3N2O3S. The fraction of sp³-hybridized carbons (Fsp3) is 0.385. The molecule has 0 unspecified atom stereocenters. The normalized spacial score (nSPS) is 11.8. The fourth-order valence-electron chi connectivity index (χ4n) is 1.73. The number of hydrogen-bond acceptors (Lipinski definition) is 4. The summed E-state index contributed by atoms with van der Waals surface area (Å²) in [5.74, 6) is -1.91. The van der Waals surface area contributed by atoms with Gasteiger partial charge in [-0.05, 0) is 24.6 Å². The van der Waals surface area contributed by atoms with Gasteiger partial charge in [-0.15, -0.1) is 0 Å². The summed E-state index contributed by atoms with van der Waals surface area (Å²) >= 11 is 0. The summed E-state index contributed by atoms with van der Waals surface area (Å²) in [5.41, 5.74) is -1.99. The molecule has 120 valence electrons. The minimum atomic E-state index is -4.75. The highest BCUT2D eigenvalue weighted by atomic mass is 32.2. The van der Waals surface area contributed by atoms with Crippen LogP contribution in [-0.4, -0.2) is 25.8 Å². The Labute approximate surface area is 125 Å². The predicted molar refractivity (Wildman–Crippen MR) is 73.7 cm³/mol. The predicted octanol–water partition coefficient (Wildman–Crippen LogP) is 2.34. The van der Waals surface area contributed by atoms with Gasteiger partial charge < -0.3 is 5.32 Å². The zero-order chi connectivity index (χ0) is 17.0. The van der Waals surface area contributed by atoms with Crippen molar-refractivity contribution in [2.45, 2.75) is 19.5 Å². The van der Waals surface area contributed by atoms with Crippen LogP contribution in [0.15, 0.2) is 18.2 Å². The molecule has 0 saturated carbocycles. The molecule has 0 aromatic heterocycles. The van der Waals surface area contributed by atoms with Crippen LogP contribution in [0.25, 0.3) is 0 Å². The van der Waals surface area contributed by atoms with E-state index in [1.54, 1.807) is 6.92 Å². The number of carbonyl (C=O) groups is 1. The van der Waals surface area contributed by atoms with Crippen molar-refractivity contribution in [2.75, 3.05) is 16.8 Å².